The monoisotopic (exact) mass is 179 g/mol. The van der Waals surface area contributed by atoms with E-state index in [4.69, 9.17) is 0 Å². The summed E-state index contributed by atoms with van der Waals surface area (Å²) in [6.45, 7) is 11.2. The van der Waals surface area contributed by atoms with Crippen molar-refractivity contribution >= 4 is 0 Å². The van der Waals surface area contributed by atoms with Gasteiger partial charge in [-0.05, 0) is 45.1 Å². The van der Waals surface area contributed by atoms with Gasteiger partial charge in [0.1, 0.15) is 0 Å². The molecule has 1 nitrogen and oxygen atoms in total. The number of hydrogen-bond acceptors (Lipinski definition) is 1. The third-order valence-electron chi connectivity index (χ3n) is 2.89. The standard InChI is InChI=1S/C12H21N/c1-4-10(2)9-12-6-5-11(3)13-8-7-12/h4,11-13H,1-2,5-9H2,3H3. The predicted octanol–water partition coefficient (Wildman–Crippen LogP) is 2.90. The normalized spacial score (nSPS) is 29.3. The van der Waals surface area contributed by atoms with Gasteiger partial charge in [-0.2, -0.15) is 0 Å². The molecule has 0 saturated carbocycles. The van der Waals surface area contributed by atoms with Gasteiger partial charge in [0.05, 0.1) is 0 Å². The second kappa shape index (κ2) is 5.23. The summed E-state index contributed by atoms with van der Waals surface area (Å²) in [6, 6.07) is 0.696. The molecule has 2 unspecified atom stereocenters. The molecule has 0 radical (unpaired) electrons. The van der Waals surface area contributed by atoms with Crippen LogP contribution in [-0.2, 0) is 0 Å². The number of nitrogens with one attached hydrogen (secondary N) is 1. The zero-order valence-electron chi connectivity index (χ0n) is 8.68. The van der Waals surface area contributed by atoms with E-state index in [1.165, 1.54) is 24.8 Å². The van der Waals surface area contributed by atoms with Crippen LogP contribution in [0.25, 0.3) is 0 Å². The summed E-state index contributed by atoms with van der Waals surface area (Å²) in [4.78, 5) is 0. The van der Waals surface area contributed by atoms with Crippen LogP contribution in [0.15, 0.2) is 24.8 Å². The molecular weight excluding hydrogens is 158 g/mol. The Bertz CT molecular complexity index is 184. The summed E-state index contributed by atoms with van der Waals surface area (Å²) in [6.07, 6.45) is 6.95. The summed E-state index contributed by atoms with van der Waals surface area (Å²) < 4.78 is 0. The first kappa shape index (κ1) is 10.5. The number of allylic oxidation sites excluding steroid dienone is 2. The zero-order valence-corrected chi connectivity index (χ0v) is 8.68. The van der Waals surface area contributed by atoms with E-state index in [1.54, 1.807) is 0 Å². The molecule has 0 bridgehead atoms. The minimum atomic E-state index is 0.696. The van der Waals surface area contributed by atoms with Gasteiger partial charge in [0, 0.05) is 6.04 Å². The van der Waals surface area contributed by atoms with Gasteiger partial charge in [0.2, 0.25) is 0 Å². The lowest BCUT2D eigenvalue weighted by atomic mass is 9.92. The quantitative estimate of drug-likeness (QED) is 0.657. The van der Waals surface area contributed by atoms with E-state index in [0.29, 0.717) is 6.04 Å². The van der Waals surface area contributed by atoms with Crippen molar-refractivity contribution in [3.63, 3.8) is 0 Å². The average molecular weight is 179 g/mol. The lowest BCUT2D eigenvalue weighted by Gasteiger charge is -2.13. The number of hydrogen-bond donors (Lipinski definition) is 1. The Balaban J connectivity index is 2.33. The molecule has 0 aliphatic carbocycles. The van der Waals surface area contributed by atoms with E-state index < -0.39 is 0 Å². The molecule has 74 valence electrons. The van der Waals surface area contributed by atoms with Crippen LogP contribution >= 0.6 is 0 Å². The first-order chi connectivity index (χ1) is 6.22. The molecule has 0 amide bonds. The van der Waals surface area contributed by atoms with Crippen molar-refractivity contribution in [1.82, 2.24) is 5.32 Å². The summed E-state index contributed by atoms with van der Waals surface area (Å²) >= 11 is 0. The van der Waals surface area contributed by atoms with Crippen molar-refractivity contribution in [3.8, 4) is 0 Å². The van der Waals surface area contributed by atoms with Gasteiger partial charge in [-0.3, -0.25) is 0 Å². The molecule has 1 N–H and O–H groups in total. The molecule has 1 rings (SSSR count). The maximum absolute atomic E-state index is 3.98. The lowest BCUT2D eigenvalue weighted by molar-refractivity contribution is 0.466. The van der Waals surface area contributed by atoms with Gasteiger partial charge in [-0.25, -0.2) is 0 Å². The maximum atomic E-state index is 3.98. The third kappa shape index (κ3) is 3.77. The minimum Gasteiger partial charge on any atom is -0.314 e. The first-order valence-electron chi connectivity index (χ1n) is 5.26. The van der Waals surface area contributed by atoms with Crippen molar-refractivity contribution in [1.29, 1.82) is 0 Å². The minimum absolute atomic E-state index is 0.696. The van der Waals surface area contributed by atoms with E-state index >= 15 is 0 Å². The molecule has 13 heavy (non-hydrogen) atoms. The van der Waals surface area contributed by atoms with Crippen molar-refractivity contribution in [2.75, 3.05) is 6.54 Å². The first-order valence-corrected chi connectivity index (χ1v) is 5.26. The van der Waals surface area contributed by atoms with Crippen LogP contribution in [0.3, 0.4) is 0 Å². The highest BCUT2D eigenvalue weighted by Crippen LogP contribution is 2.22. The van der Waals surface area contributed by atoms with E-state index in [-0.39, 0.29) is 0 Å². The molecule has 0 aromatic carbocycles. The van der Waals surface area contributed by atoms with Crippen LogP contribution in [0.1, 0.15) is 32.6 Å². The smallest absolute Gasteiger partial charge is 0.00388 e. The Morgan fingerprint density at radius 3 is 2.92 bits per heavy atom. The topological polar surface area (TPSA) is 12.0 Å². The average Bonchev–Trinajstić information content (AvgIpc) is 2.31. The van der Waals surface area contributed by atoms with Gasteiger partial charge in [0.15, 0.2) is 0 Å². The van der Waals surface area contributed by atoms with E-state index in [0.717, 1.165) is 18.9 Å². The maximum Gasteiger partial charge on any atom is 0.00388 e. The molecule has 1 heteroatoms. The molecule has 1 aliphatic heterocycles. The van der Waals surface area contributed by atoms with E-state index in [2.05, 4.69) is 25.4 Å². The summed E-state index contributed by atoms with van der Waals surface area (Å²) in [7, 11) is 0. The Hall–Kier alpha value is -0.560. The van der Waals surface area contributed by atoms with Gasteiger partial charge < -0.3 is 5.32 Å². The summed E-state index contributed by atoms with van der Waals surface area (Å²) in [5.41, 5.74) is 1.19. The summed E-state index contributed by atoms with van der Waals surface area (Å²) in [5.74, 6) is 0.822. The van der Waals surface area contributed by atoms with Crippen molar-refractivity contribution in [3.05, 3.63) is 24.8 Å². The van der Waals surface area contributed by atoms with Crippen LogP contribution < -0.4 is 5.32 Å². The summed E-state index contributed by atoms with van der Waals surface area (Å²) in [5, 5.41) is 3.51. The molecule has 0 aromatic heterocycles. The highest BCUT2D eigenvalue weighted by atomic mass is 14.9. The zero-order chi connectivity index (χ0) is 9.68. The molecule has 1 saturated heterocycles. The van der Waals surface area contributed by atoms with Crippen LogP contribution in [0.4, 0.5) is 0 Å². The van der Waals surface area contributed by atoms with Crippen molar-refractivity contribution < 1.29 is 0 Å². The fraction of sp³-hybridized carbons (Fsp3) is 0.667. The largest absolute Gasteiger partial charge is 0.314 e. The van der Waals surface area contributed by atoms with Crippen molar-refractivity contribution in [2.45, 2.75) is 38.6 Å². The van der Waals surface area contributed by atoms with Crippen LogP contribution in [0, 0.1) is 5.92 Å². The molecule has 1 heterocycles. The Morgan fingerprint density at radius 1 is 1.46 bits per heavy atom. The molecular formula is C12H21N. The molecule has 1 fully saturated rings. The van der Waals surface area contributed by atoms with Crippen LogP contribution in [0.5, 0.6) is 0 Å². The molecule has 1 aliphatic rings. The van der Waals surface area contributed by atoms with E-state index in [1.807, 2.05) is 6.08 Å². The lowest BCUT2D eigenvalue weighted by Crippen LogP contribution is -2.24. The van der Waals surface area contributed by atoms with Gasteiger partial charge in [-0.15, -0.1) is 0 Å². The molecule has 0 aromatic rings. The van der Waals surface area contributed by atoms with Crippen LogP contribution in [0.2, 0.25) is 0 Å². The Labute approximate surface area is 81.9 Å². The van der Waals surface area contributed by atoms with Gasteiger partial charge in [0.25, 0.3) is 0 Å². The highest BCUT2D eigenvalue weighted by Gasteiger charge is 2.15. The highest BCUT2D eigenvalue weighted by molar-refractivity contribution is 5.11. The molecule has 0 spiro atoms. The second-order valence-corrected chi connectivity index (χ2v) is 4.15. The third-order valence-corrected chi connectivity index (χ3v) is 2.89. The Morgan fingerprint density at radius 2 is 2.23 bits per heavy atom. The second-order valence-electron chi connectivity index (χ2n) is 4.15. The van der Waals surface area contributed by atoms with Crippen molar-refractivity contribution in [2.24, 2.45) is 5.92 Å². The SMILES string of the molecule is C=CC(=C)CC1CCNC(C)CC1. The van der Waals surface area contributed by atoms with Gasteiger partial charge in [-0.1, -0.05) is 24.8 Å². The van der Waals surface area contributed by atoms with Gasteiger partial charge >= 0.3 is 0 Å². The molecule has 2 atom stereocenters. The Kier molecular flexibility index (Phi) is 4.23. The number of rotatable bonds is 3. The van der Waals surface area contributed by atoms with E-state index in [9.17, 15) is 0 Å². The van der Waals surface area contributed by atoms with Crippen LogP contribution in [-0.4, -0.2) is 12.6 Å². The fourth-order valence-electron chi connectivity index (χ4n) is 1.92. The predicted molar refractivity (Wildman–Crippen MR) is 58.8 cm³/mol. The fourth-order valence-corrected chi connectivity index (χ4v) is 1.92.